The normalized spacial score (nSPS) is 11.6. The number of hydrogen-bond donors (Lipinski definition) is 1. The molecule has 0 spiro atoms. The van der Waals surface area contributed by atoms with Crippen molar-refractivity contribution in [3.8, 4) is 11.5 Å². The van der Waals surface area contributed by atoms with Crippen LogP contribution in [0.25, 0.3) is 10.1 Å². The molecule has 0 aliphatic carbocycles. The van der Waals surface area contributed by atoms with Gasteiger partial charge in [-0.05, 0) is 47.9 Å². The molecule has 4 aromatic rings. The number of fused-ring (bicyclic) bond motifs is 1. The van der Waals surface area contributed by atoms with Gasteiger partial charge in [0.2, 0.25) is 0 Å². The second-order valence-corrected chi connectivity index (χ2v) is 8.80. The average Bonchev–Trinajstić information content (AvgIpc) is 3.19. The van der Waals surface area contributed by atoms with E-state index in [1.165, 1.54) is 24.3 Å². The van der Waals surface area contributed by atoms with Crippen LogP contribution in [0.5, 0.6) is 11.5 Å². The molecule has 0 bridgehead atoms. The summed E-state index contributed by atoms with van der Waals surface area (Å²) < 4.78 is 42.9. The van der Waals surface area contributed by atoms with E-state index in [1.807, 2.05) is 0 Å². The van der Waals surface area contributed by atoms with Gasteiger partial charge >= 0.3 is 20.0 Å². The number of carboxylic acids is 1. The molecule has 0 unspecified atom stereocenters. The summed E-state index contributed by atoms with van der Waals surface area (Å²) in [6.45, 7) is 0. The van der Waals surface area contributed by atoms with Crippen molar-refractivity contribution in [3.63, 3.8) is 0 Å². The van der Waals surface area contributed by atoms with E-state index in [4.69, 9.17) is 14.2 Å². The maximum atomic E-state index is 15.6. The third-order valence-corrected chi connectivity index (χ3v) is 6.74. The van der Waals surface area contributed by atoms with Crippen molar-refractivity contribution >= 4 is 35.8 Å². The number of alkyl halides is 2. The molecule has 3 aromatic carbocycles. The summed E-state index contributed by atoms with van der Waals surface area (Å²) in [4.78, 5) is 11.3. The first kappa shape index (κ1) is 20.3. The maximum absolute atomic E-state index is 15.6. The molecule has 4 nitrogen and oxygen atoms in total. The minimum absolute atomic E-state index is 0.0915. The van der Waals surface area contributed by atoms with Crippen molar-refractivity contribution in [1.82, 2.24) is 0 Å². The fourth-order valence-corrected chi connectivity index (χ4v) is 4.85. The monoisotopic (exact) mass is 444 g/mol. The first-order chi connectivity index (χ1) is 14.4. The molecule has 0 amide bonds. The highest BCUT2D eigenvalue weighted by atomic mass is 32.1. The SMILES string of the molecule is O=C(O)c1cc2cc(C(F)(F)P(Oc3ccccc3)Oc3ccccc3)ccc2s1. The second-order valence-electron chi connectivity index (χ2n) is 6.28. The predicted molar refractivity (Wildman–Crippen MR) is 114 cm³/mol. The van der Waals surface area contributed by atoms with E-state index in [1.54, 1.807) is 60.7 Å². The number of carbonyl (C=O) groups is 1. The van der Waals surface area contributed by atoms with E-state index in [0.717, 1.165) is 11.3 Å². The minimum atomic E-state index is -3.46. The predicted octanol–water partition coefficient (Wildman–Crippen LogP) is 7.12. The molecular weight excluding hydrogens is 429 g/mol. The Bertz CT molecular complexity index is 1120. The number of benzene rings is 3. The zero-order valence-electron chi connectivity index (χ0n) is 15.4. The summed E-state index contributed by atoms with van der Waals surface area (Å²) in [5, 5.41) is 9.59. The van der Waals surface area contributed by atoms with Gasteiger partial charge in [0.05, 0.1) is 0 Å². The Kier molecular flexibility index (Phi) is 5.66. The van der Waals surface area contributed by atoms with E-state index >= 15 is 8.78 Å². The summed E-state index contributed by atoms with van der Waals surface area (Å²) in [7, 11) is -2.74. The molecule has 4 rings (SSSR count). The Morgan fingerprint density at radius 2 is 1.43 bits per heavy atom. The van der Waals surface area contributed by atoms with Gasteiger partial charge in [-0.2, -0.15) is 8.78 Å². The highest BCUT2D eigenvalue weighted by Gasteiger charge is 2.48. The highest BCUT2D eigenvalue weighted by molar-refractivity contribution is 7.49. The van der Waals surface area contributed by atoms with Crippen LogP contribution < -0.4 is 9.05 Å². The molecule has 0 fully saturated rings. The van der Waals surface area contributed by atoms with E-state index in [9.17, 15) is 4.79 Å². The van der Waals surface area contributed by atoms with Crippen molar-refractivity contribution < 1.29 is 27.7 Å². The van der Waals surface area contributed by atoms with E-state index in [-0.39, 0.29) is 21.9 Å². The molecule has 0 aliphatic heterocycles. The Balaban J connectivity index is 1.71. The molecule has 30 heavy (non-hydrogen) atoms. The topological polar surface area (TPSA) is 55.8 Å². The summed E-state index contributed by atoms with van der Waals surface area (Å²) in [5.74, 6) is -0.556. The molecule has 152 valence electrons. The molecule has 1 aromatic heterocycles. The Hall–Kier alpha value is -3.02. The van der Waals surface area contributed by atoms with Crippen LogP contribution in [0.3, 0.4) is 0 Å². The highest BCUT2D eigenvalue weighted by Crippen LogP contribution is 2.59. The van der Waals surface area contributed by atoms with Crippen molar-refractivity contribution in [1.29, 1.82) is 0 Å². The zero-order valence-corrected chi connectivity index (χ0v) is 17.1. The number of rotatable bonds is 7. The minimum Gasteiger partial charge on any atom is -0.477 e. The number of halogens is 2. The fourth-order valence-electron chi connectivity index (χ4n) is 2.73. The lowest BCUT2D eigenvalue weighted by Gasteiger charge is -2.26. The molecule has 0 saturated carbocycles. The molecule has 8 heteroatoms. The van der Waals surface area contributed by atoms with E-state index in [2.05, 4.69) is 0 Å². The molecule has 1 N–H and O–H groups in total. The average molecular weight is 444 g/mol. The quantitative estimate of drug-likeness (QED) is 0.309. The summed E-state index contributed by atoms with van der Waals surface area (Å²) in [6, 6.07) is 22.1. The maximum Gasteiger partial charge on any atom is 0.371 e. The van der Waals surface area contributed by atoms with Crippen molar-refractivity contribution in [2.24, 2.45) is 0 Å². The van der Waals surface area contributed by atoms with Crippen LogP contribution in [0, 0.1) is 0 Å². The Morgan fingerprint density at radius 3 is 1.97 bits per heavy atom. The number of hydrogen-bond acceptors (Lipinski definition) is 4. The number of carboxylic acid groups (broad SMARTS) is 1. The molecule has 1 heterocycles. The first-order valence-corrected chi connectivity index (χ1v) is 10.8. The van der Waals surface area contributed by atoms with Crippen molar-refractivity contribution in [3.05, 3.63) is 95.4 Å². The van der Waals surface area contributed by atoms with Gasteiger partial charge in [0.25, 0.3) is 0 Å². The van der Waals surface area contributed by atoms with Crippen LogP contribution in [-0.2, 0) is 5.66 Å². The second kappa shape index (κ2) is 8.38. The van der Waals surface area contributed by atoms with Gasteiger partial charge in [0.15, 0.2) is 0 Å². The van der Waals surface area contributed by atoms with Gasteiger partial charge in [-0.3, -0.25) is 0 Å². The van der Waals surface area contributed by atoms with E-state index < -0.39 is 20.0 Å². The van der Waals surface area contributed by atoms with Gasteiger partial charge in [-0.25, -0.2) is 4.79 Å². The lowest BCUT2D eigenvalue weighted by atomic mass is 10.1. The van der Waals surface area contributed by atoms with Gasteiger partial charge in [0.1, 0.15) is 16.4 Å². The number of para-hydroxylation sites is 2. The molecule has 0 saturated heterocycles. The van der Waals surface area contributed by atoms with Crippen LogP contribution in [-0.4, -0.2) is 11.1 Å². The van der Waals surface area contributed by atoms with Crippen LogP contribution in [0.4, 0.5) is 8.78 Å². The number of thiophene rings is 1. The third kappa shape index (κ3) is 4.27. The van der Waals surface area contributed by atoms with Gasteiger partial charge in [-0.15, -0.1) is 11.3 Å². The lowest BCUT2D eigenvalue weighted by Crippen LogP contribution is -2.17. The van der Waals surface area contributed by atoms with Gasteiger partial charge < -0.3 is 14.2 Å². The third-order valence-electron chi connectivity index (χ3n) is 4.17. The zero-order chi connectivity index (χ0) is 21.1. The van der Waals surface area contributed by atoms with Gasteiger partial charge in [0, 0.05) is 10.3 Å². The Labute approximate surface area is 176 Å². The van der Waals surface area contributed by atoms with Crippen LogP contribution >= 0.6 is 19.7 Å². The summed E-state index contributed by atoms with van der Waals surface area (Å²) in [6.07, 6.45) is 0. The first-order valence-electron chi connectivity index (χ1n) is 8.85. The molecular formula is C22H15F2O4PS. The molecule has 0 radical (unpaired) electrons. The lowest BCUT2D eigenvalue weighted by molar-refractivity contribution is 0.0702. The van der Waals surface area contributed by atoms with Crippen LogP contribution in [0.15, 0.2) is 84.9 Å². The smallest absolute Gasteiger partial charge is 0.371 e. The van der Waals surface area contributed by atoms with E-state index in [0.29, 0.717) is 10.1 Å². The molecule has 0 aliphatic rings. The van der Waals surface area contributed by atoms with Crippen LogP contribution in [0.2, 0.25) is 0 Å². The summed E-state index contributed by atoms with van der Waals surface area (Å²) in [5.41, 5.74) is -3.76. The molecule has 0 atom stereocenters. The number of aromatic carboxylic acids is 1. The standard InChI is InChI=1S/C22H15F2O4PS/c23-22(24,16-11-12-19-15(13-16)14-20(30-19)21(25)26)29(27-17-7-3-1-4-8-17)28-18-9-5-2-6-10-18/h1-14H,(H,25,26). The largest absolute Gasteiger partial charge is 0.477 e. The van der Waals surface area contributed by atoms with Crippen molar-refractivity contribution in [2.45, 2.75) is 5.66 Å². The fraction of sp³-hybridized carbons (Fsp3) is 0.0455. The van der Waals surface area contributed by atoms with Gasteiger partial charge in [-0.1, -0.05) is 42.5 Å². The summed E-state index contributed by atoms with van der Waals surface area (Å²) >= 11 is 1.04. The Morgan fingerprint density at radius 1 is 0.867 bits per heavy atom. The van der Waals surface area contributed by atoms with Crippen molar-refractivity contribution in [2.75, 3.05) is 0 Å². The van der Waals surface area contributed by atoms with Crippen LogP contribution in [0.1, 0.15) is 15.2 Å².